The van der Waals surface area contributed by atoms with Crippen molar-refractivity contribution in [2.45, 2.75) is 58.3 Å². The van der Waals surface area contributed by atoms with Crippen LogP contribution < -0.4 is 10.6 Å². The van der Waals surface area contributed by atoms with Crippen LogP contribution in [0.15, 0.2) is 4.99 Å². The third-order valence-electron chi connectivity index (χ3n) is 5.98. The van der Waals surface area contributed by atoms with E-state index < -0.39 is 0 Å². The fourth-order valence-electron chi connectivity index (χ4n) is 4.29. The predicted octanol–water partition coefficient (Wildman–Crippen LogP) is 3.00. The highest BCUT2D eigenvalue weighted by molar-refractivity contribution is 14.0. The van der Waals surface area contributed by atoms with Crippen molar-refractivity contribution < 1.29 is 4.79 Å². The number of hydrogen-bond donors (Lipinski definition) is 2. The molecule has 1 heterocycles. The van der Waals surface area contributed by atoms with E-state index in [1.54, 1.807) is 0 Å². The Kier molecular flexibility index (Phi) is 8.79. The van der Waals surface area contributed by atoms with Crippen molar-refractivity contribution in [2.24, 2.45) is 22.7 Å². The van der Waals surface area contributed by atoms with Crippen LogP contribution in [0, 0.1) is 17.8 Å². The Morgan fingerprint density at radius 3 is 2.28 bits per heavy atom. The monoisotopic (exact) mass is 462 g/mol. The Hall–Kier alpha value is -0.530. The largest absolute Gasteiger partial charge is 0.357 e. The summed E-state index contributed by atoms with van der Waals surface area (Å²) in [7, 11) is 0. The van der Waals surface area contributed by atoms with E-state index in [9.17, 15) is 4.79 Å². The van der Waals surface area contributed by atoms with E-state index in [1.807, 2.05) is 0 Å². The Balaban J connectivity index is 0.00000225. The second kappa shape index (κ2) is 10.6. The van der Waals surface area contributed by atoms with Crippen molar-refractivity contribution in [2.75, 3.05) is 32.7 Å². The van der Waals surface area contributed by atoms with E-state index >= 15 is 0 Å². The van der Waals surface area contributed by atoms with Gasteiger partial charge in [-0.2, -0.15) is 0 Å². The first-order chi connectivity index (χ1) is 11.8. The molecule has 3 aliphatic rings. The normalized spacial score (nSPS) is 26.4. The molecule has 3 rings (SSSR count). The van der Waals surface area contributed by atoms with Crippen LogP contribution in [0.1, 0.15) is 58.3 Å². The van der Waals surface area contributed by atoms with Gasteiger partial charge in [-0.05, 0) is 50.9 Å². The Labute approximate surface area is 169 Å². The molecule has 1 saturated heterocycles. The number of nitrogens with one attached hydrogen (secondary N) is 2. The molecule has 6 heteroatoms. The molecule has 0 aromatic heterocycles. The van der Waals surface area contributed by atoms with E-state index in [-0.39, 0.29) is 29.9 Å². The lowest BCUT2D eigenvalue weighted by Gasteiger charge is -2.24. The third kappa shape index (κ3) is 5.73. The van der Waals surface area contributed by atoms with Gasteiger partial charge in [0.15, 0.2) is 5.96 Å². The van der Waals surface area contributed by atoms with Crippen LogP contribution in [0.5, 0.6) is 0 Å². The molecular weight excluding hydrogens is 427 g/mol. The highest BCUT2D eigenvalue weighted by Gasteiger charge is 2.35. The van der Waals surface area contributed by atoms with Crippen molar-refractivity contribution in [3.05, 3.63) is 0 Å². The molecule has 0 bridgehead atoms. The number of guanidine groups is 1. The number of fused-ring (bicyclic) bond motifs is 1. The molecule has 0 aromatic rings. The third-order valence-corrected chi connectivity index (χ3v) is 5.98. The highest BCUT2D eigenvalue weighted by Crippen LogP contribution is 2.35. The van der Waals surface area contributed by atoms with Crippen molar-refractivity contribution >= 4 is 35.8 Å². The highest BCUT2D eigenvalue weighted by atomic mass is 127. The molecule has 5 nitrogen and oxygen atoms in total. The van der Waals surface area contributed by atoms with E-state index in [0.717, 1.165) is 56.7 Å². The second-order valence-corrected chi connectivity index (χ2v) is 7.72. The van der Waals surface area contributed by atoms with Crippen molar-refractivity contribution in [3.8, 4) is 0 Å². The molecule has 144 valence electrons. The maximum Gasteiger partial charge on any atom is 0.223 e. The van der Waals surface area contributed by atoms with Gasteiger partial charge in [-0.3, -0.25) is 9.79 Å². The van der Waals surface area contributed by atoms with Gasteiger partial charge in [0.1, 0.15) is 0 Å². The molecule has 1 aliphatic heterocycles. The summed E-state index contributed by atoms with van der Waals surface area (Å²) < 4.78 is 0. The van der Waals surface area contributed by atoms with Crippen LogP contribution in [0.3, 0.4) is 0 Å². The number of nitrogens with zero attached hydrogens (tertiary/aromatic N) is 2. The van der Waals surface area contributed by atoms with E-state index in [1.165, 1.54) is 45.2 Å². The minimum atomic E-state index is 0. The van der Waals surface area contributed by atoms with Crippen LogP contribution in [0.25, 0.3) is 0 Å². The maximum absolute atomic E-state index is 11.8. The number of aliphatic imine (C=N–C) groups is 1. The maximum atomic E-state index is 11.8. The van der Waals surface area contributed by atoms with Gasteiger partial charge in [-0.15, -0.1) is 24.0 Å². The summed E-state index contributed by atoms with van der Waals surface area (Å²) in [6.07, 6.45) is 9.90. The van der Waals surface area contributed by atoms with Gasteiger partial charge in [0.2, 0.25) is 5.91 Å². The molecule has 1 amide bonds. The van der Waals surface area contributed by atoms with E-state index in [4.69, 9.17) is 4.99 Å². The number of hydrogen-bond acceptors (Lipinski definition) is 2. The number of likely N-dealkylation sites (tertiary alicyclic amines) is 1. The van der Waals surface area contributed by atoms with Crippen LogP contribution in [0.4, 0.5) is 0 Å². The van der Waals surface area contributed by atoms with Crippen molar-refractivity contribution in [3.63, 3.8) is 0 Å². The summed E-state index contributed by atoms with van der Waals surface area (Å²) in [5, 5.41) is 6.52. The van der Waals surface area contributed by atoms with Gasteiger partial charge < -0.3 is 15.5 Å². The molecule has 25 heavy (non-hydrogen) atoms. The summed E-state index contributed by atoms with van der Waals surface area (Å²) >= 11 is 0. The molecule has 0 radical (unpaired) electrons. The quantitative estimate of drug-likeness (QED) is 0.276. The molecular formula is C19H35IN4O. The molecule has 2 atom stereocenters. The average molecular weight is 462 g/mol. The zero-order valence-electron chi connectivity index (χ0n) is 15.6. The smallest absolute Gasteiger partial charge is 0.223 e. The van der Waals surface area contributed by atoms with Crippen molar-refractivity contribution in [1.29, 1.82) is 0 Å². The summed E-state index contributed by atoms with van der Waals surface area (Å²) in [5.41, 5.74) is 0. The van der Waals surface area contributed by atoms with Crippen molar-refractivity contribution in [1.82, 2.24) is 15.5 Å². The van der Waals surface area contributed by atoms with Gasteiger partial charge in [0, 0.05) is 38.6 Å². The minimum Gasteiger partial charge on any atom is -0.357 e. The fourth-order valence-corrected chi connectivity index (χ4v) is 4.29. The van der Waals surface area contributed by atoms with Crippen LogP contribution in [-0.2, 0) is 4.79 Å². The number of carbonyl (C=O) groups is 1. The lowest BCUT2D eigenvalue weighted by Crippen LogP contribution is -2.40. The fraction of sp³-hybridized carbons (Fsp3) is 0.895. The van der Waals surface area contributed by atoms with Gasteiger partial charge >= 0.3 is 0 Å². The first-order valence-electron chi connectivity index (χ1n) is 10.1. The second-order valence-electron chi connectivity index (χ2n) is 7.72. The number of halogens is 1. The van der Waals surface area contributed by atoms with Gasteiger partial charge in [0.25, 0.3) is 0 Å². The van der Waals surface area contributed by atoms with Gasteiger partial charge in [-0.25, -0.2) is 0 Å². The zero-order valence-corrected chi connectivity index (χ0v) is 18.0. The number of rotatable bonds is 6. The molecule has 3 fully saturated rings. The molecule has 2 aliphatic carbocycles. The first-order valence-corrected chi connectivity index (χ1v) is 10.1. The number of amides is 1. The Bertz CT molecular complexity index is 439. The minimum absolute atomic E-state index is 0. The first kappa shape index (κ1) is 20.8. The zero-order chi connectivity index (χ0) is 16.8. The predicted molar refractivity (Wildman–Crippen MR) is 113 cm³/mol. The van der Waals surface area contributed by atoms with Gasteiger partial charge in [-0.1, -0.05) is 19.3 Å². The Morgan fingerprint density at radius 2 is 1.72 bits per heavy atom. The SMILES string of the molecule is CCNC(=NCCCNC(=O)C1CCC1)N1CC2CCCCC2C1.I. The van der Waals surface area contributed by atoms with Crippen LogP contribution in [-0.4, -0.2) is 49.5 Å². The molecule has 2 unspecified atom stereocenters. The standard InChI is InChI=1S/C19H34N4O.HI/c1-2-20-19(23-13-16-7-3-4-8-17(16)14-23)22-12-6-11-21-18(24)15-9-5-10-15;/h15-17H,2-14H2,1H3,(H,20,22)(H,21,24);1H. The summed E-state index contributed by atoms with van der Waals surface area (Å²) in [6, 6.07) is 0. The summed E-state index contributed by atoms with van der Waals surface area (Å²) in [4.78, 5) is 19.1. The van der Waals surface area contributed by atoms with E-state index in [2.05, 4.69) is 22.5 Å². The van der Waals surface area contributed by atoms with Crippen LogP contribution >= 0.6 is 24.0 Å². The summed E-state index contributed by atoms with van der Waals surface area (Å²) in [6.45, 7) is 6.95. The van der Waals surface area contributed by atoms with E-state index in [0.29, 0.717) is 5.92 Å². The lowest BCUT2D eigenvalue weighted by atomic mass is 9.82. The molecule has 0 spiro atoms. The topological polar surface area (TPSA) is 56.7 Å². The van der Waals surface area contributed by atoms with Crippen LogP contribution in [0.2, 0.25) is 0 Å². The lowest BCUT2D eigenvalue weighted by molar-refractivity contribution is -0.127. The summed E-state index contributed by atoms with van der Waals surface area (Å²) in [5.74, 6) is 3.38. The average Bonchev–Trinajstić information content (AvgIpc) is 2.95. The molecule has 0 aromatic carbocycles. The Morgan fingerprint density at radius 1 is 1.04 bits per heavy atom. The van der Waals surface area contributed by atoms with Gasteiger partial charge in [0.05, 0.1) is 0 Å². The number of carbonyl (C=O) groups excluding carboxylic acids is 1. The molecule has 2 saturated carbocycles. The molecule has 2 N–H and O–H groups in total.